The van der Waals surface area contributed by atoms with E-state index in [2.05, 4.69) is 6.92 Å². The van der Waals surface area contributed by atoms with Crippen molar-refractivity contribution in [2.75, 3.05) is 21.3 Å². The Hall–Kier alpha value is -2.75. The highest BCUT2D eigenvalue weighted by molar-refractivity contribution is 6.06. The second kappa shape index (κ2) is 8.92. The summed E-state index contributed by atoms with van der Waals surface area (Å²) < 4.78 is 16.1. The standard InChI is InChI=1S/C21H24O4/c1-5-6-18-20(24-3)13-15(14-21(18)25-4)7-12-19(22)16-8-10-17(23-2)11-9-16/h7-14H,5-6H2,1-4H3. The van der Waals surface area contributed by atoms with Crippen molar-refractivity contribution in [2.45, 2.75) is 19.8 Å². The zero-order valence-corrected chi connectivity index (χ0v) is 15.2. The molecule has 0 unspecified atom stereocenters. The van der Waals surface area contributed by atoms with Crippen molar-refractivity contribution < 1.29 is 19.0 Å². The highest BCUT2D eigenvalue weighted by Crippen LogP contribution is 2.32. The average Bonchev–Trinajstić information content (AvgIpc) is 2.66. The third-order valence-corrected chi connectivity index (χ3v) is 3.93. The van der Waals surface area contributed by atoms with Crippen LogP contribution in [0.15, 0.2) is 42.5 Å². The van der Waals surface area contributed by atoms with Gasteiger partial charge in [-0.3, -0.25) is 4.79 Å². The van der Waals surface area contributed by atoms with Crippen LogP contribution in [0.3, 0.4) is 0 Å². The predicted octanol–water partition coefficient (Wildman–Crippen LogP) is 4.56. The van der Waals surface area contributed by atoms with E-state index in [1.165, 1.54) is 0 Å². The Balaban J connectivity index is 2.25. The van der Waals surface area contributed by atoms with Gasteiger partial charge in [-0.15, -0.1) is 0 Å². The molecule has 0 aliphatic heterocycles. The zero-order valence-electron chi connectivity index (χ0n) is 15.2. The Labute approximate surface area is 149 Å². The maximum Gasteiger partial charge on any atom is 0.185 e. The molecule has 0 aliphatic carbocycles. The number of rotatable bonds is 8. The van der Waals surface area contributed by atoms with Gasteiger partial charge in [0.15, 0.2) is 5.78 Å². The van der Waals surface area contributed by atoms with Crippen LogP contribution in [-0.4, -0.2) is 27.1 Å². The van der Waals surface area contributed by atoms with Crippen molar-refractivity contribution in [2.24, 2.45) is 0 Å². The summed E-state index contributed by atoms with van der Waals surface area (Å²) in [5.41, 5.74) is 2.51. The van der Waals surface area contributed by atoms with Crippen LogP contribution in [0.2, 0.25) is 0 Å². The molecule has 0 amide bonds. The first kappa shape index (κ1) is 18.6. The van der Waals surface area contributed by atoms with Crippen LogP contribution in [0, 0.1) is 0 Å². The summed E-state index contributed by atoms with van der Waals surface area (Å²) in [6.45, 7) is 2.11. The minimum absolute atomic E-state index is 0.0711. The summed E-state index contributed by atoms with van der Waals surface area (Å²) in [7, 11) is 4.88. The number of methoxy groups -OCH3 is 3. The van der Waals surface area contributed by atoms with Gasteiger partial charge in [0.05, 0.1) is 21.3 Å². The fourth-order valence-corrected chi connectivity index (χ4v) is 2.62. The van der Waals surface area contributed by atoms with Gasteiger partial charge in [0.2, 0.25) is 0 Å². The summed E-state index contributed by atoms with van der Waals surface area (Å²) >= 11 is 0. The van der Waals surface area contributed by atoms with E-state index in [-0.39, 0.29) is 5.78 Å². The molecule has 0 saturated heterocycles. The Kier molecular flexibility index (Phi) is 6.63. The molecule has 0 spiro atoms. The lowest BCUT2D eigenvalue weighted by Crippen LogP contribution is -1.98. The van der Waals surface area contributed by atoms with Crippen molar-refractivity contribution in [3.05, 3.63) is 59.2 Å². The van der Waals surface area contributed by atoms with Gasteiger partial charge in [0, 0.05) is 11.1 Å². The van der Waals surface area contributed by atoms with E-state index in [1.54, 1.807) is 57.7 Å². The number of carbonyl (C=O) groups is 1. The van der Waals surface area contributed by atoms with E-state index >= 15 is 0 Å². The highest BCUT2D eigenvalue weighted by atomic mass is 16.5. The van der Waals surface area contributed by atoms with Crippen molar-refractivity contribution >= 4 is 11.9 Å². The van der Waals surface area contributed by atoms with Gasteiger partial charge in [0.25, 0.3) is 0 Å². The fourth-order valence-electron chi connectivity index (χ4n) is 2.62. The van der Waals surface area contributed by atoms with E-state index in [0.29, 0.717) is 5.56 Å². The molecule has 0 radical (unpaired) electrons. The van der Waals surface area contributed by atoms with Gasteiger partial charge >= 0.3 is 0 Å². The van der Waals surface area contributed by atoms with E-state index in [4.69, 9.17) is 14.2 Å². The number of benzene rings is 2. The first-order chi connectivity index (χ1) is 12.1. The van der Waals surface area contributed by atoms with Gasteiger partial charge in [0.1, 0.15) is 17.2 Å². The van der Waals surface area contributed by atoms with Gasteiger partial charge in [-0.1, -0.05) is 19.4 Å². The molecule has 0 heterocycles. The monoisotopic (exact) mass is 340 g/mol. The van der Waals surface area contributed by atoms with E-state index < -0.39 is 0 Å². The highest BCUT2D eigenvalue weighted by Gasteiger charge is 2.11. The molecule has 0 saturated carbocycles. The van der Waals surface area contributed by atoms with Crippen LogP contribution in [0.25, 0.3) is 6.08 Å². The molecule has 2 aromatic rings. The summed E-state index contributed by atoms with van der Waals surface area (Å²) in [5, 5.41) is 0. The van der Waals surface area contributed by atoms with Crippen molar-refractivity contribution in [3.8, 4) is 17.2 Å². The van der Waals surface area contributed by atoms with Gasteiger partial charge in [-0.25, -0.2) is 0 Å². The summed E-state index contributed by atoms with van der Waals surface area (Å²) in [6.07, 6.45) is 5.20. The van der Waals surface area contributed by atoms with Crippen LogP contribution in [0.4, 0.5) is 0 Å². The van der Waals surface area contributed by atoms with Crippen LogP contribution >= 0.6 is 0 Å². The molecule has 0 bridgehead atoms. The minimum Gasteiger partial charge on any atom is -0.497 e. The summed E-state index contributed by atoms with van der Waals surface area (Å²) in [4.78, 5) is 12.3. The Morgan fingerprint density at radius 1 is 0.960 bits per heavy atom. The maximum absolute atomic E-state index is 12.3. The summed E-state index contributed by atoms with van der Waals surface area (Å²) in [5.74, 6) is 2.20. The van der Waals surface area contributed by atoms with Crippen LogP contribution in [0.1, 0.15) is 34.8 Å². The number of carbonyl (C=O) groups excluding carboxylic acids is 1. The largest absolute Gasteiger partial charge is 0.497 e. The number of hydrogen-bond acceptors (Lipinski definition) is 4. The lowest BCUT2D eigenvalue weighted by molar-refractivity contribution is 0.104. The molecule has 2 rings (SSSR count). The van der Waals surface area contributed by atoms with Gasteiger partial charge in [-0.2, -0.15) is 0 Å². The average molecular weight is 340 g/mol. The van der Waals surface area contributed by atoms with Crippen LogP contribution in [0.5, 0.6) is 17.2 Å². The molecule has 4 nitrogen and oxygen atoms in total. The minimum atomic E-state index is -0.0711. The molecule has 2 aromatic carbocycles. The third kappa shape index (κ3) is 4.63. The third-order valence-electron chi connectivity index (χ3n) is 3.93. The van der Waals surface area contributed by atoms with Crippen LogP contribution in [-0.2, 0) is 6.42 Å². The lowest BCUT2D eigenvalue weighted by Gasteiger charge is -2.13. The first-order valence-corrected chi connectivity index (χ1v) is 8.24. The SMILES string of the molecule is CCCc1c(OC)cc(C=CC(=O)c2ccc(OC)cc2)cc1OC. The molecular formula is C21H24O4. The number of ketones is 1. The molecular weight excluding hydrogens is 316 g/mol. The molecule has 0 aromatic heterocycles. The number of ether oxygens (including phenoxy) is 3. The van der Waals surface area contributed by atoms with E-state index in [1.807, 2.05) is 12.1 Å². The van der Waals surface area contributed by atoms with Crippen LogP contribution < -0.4 is 14.2 Å². The summed E-state index contributed by atoms with van der Waals surface area (Å²) in [6, 6.07) is 10.9. The lowest BCUT2D eigenvalue weighted by atomic mass is 10.0. The normalized spacial score (nSPS) is 10.7. The van der Waals surface area contributed by atoms with E-state index in [0.717, 1.165) is 41.2 Å². The second-order valence-electron chi connectivity index (χ2n) is 5.58. The van der Waals surface area contributed by atoms with Crippen molar-refractivity contribution in [3.63, 3.8) is 0 Å². The first-order valence-electron chi connectivity index (χ1n) is 8.24. The predicted molar refractivity (Wildman–Crippen MR) is 99.9 cm³/mol. The fraction of sp³-hybridized carbons (Fsp3) is 0.286. The molecule has 0 aliphatic rings. The van der Waals surface area contributed by atoms with E-state index in [9.17, 15) is 4.79 Å². The number of allylic oxidation sites excluding steroid dienone is 1. The molecule has 0 atom stereocenters. The Bertz CT molecular complexity index is 720. The Morgan fingerprint density at radius 3 is 2.04 bits per heavy atom. The maximum atomic E-state index is 12.3. The van der Waals surface area contributed by atoms with Gasteiger partial charge < -0.3 is 14.2 Å². The molecule has 0 N–H and O–H groups in total. The second-order valence-corrected chi connectivity index (χ2v) is 5.58. The van der Waals surface area contributed by atoms with Gasteiger partial charge in [-0.05, 0) is 54.5 Å². The van der Waals surface area contributed by atoms with Crippen molar-refractivity contribution in [1.82, 2.24) is 0 Å². The smallest absolute Gasteiger partial charge is 0.185 e. The molecule has 25 heavy (non-hydrogen) atoms. The Morgan fingerprint density at radius 2 is 1.56 bits per heavy atom. The molecule has 132 valence electrons. The number of hydrogen-bond donors (Lipinski definition) is 0. The topological polar surface area (TPSA) is 44.8 Å². The quantitative estimate of drug-likeness (QED) is 0.522. The molecule has 0 fully saturated rings. The van der Waals surface area contributed by atoms with Crippen molar-refractivity contribution in [1.29, 1.82) is 0 Å². The zero-order chi connectivity index (χ0) is 18.2. The molecule has 4 heteroatoms.